The monoisotopic (exact) mass is 428 g/mol. The number of amides is 1. The molecule has 1 unspecified atom stereocenters. The molecule has 4 aromatic rings. The Morgan fingerprint density at radius 1 is 1.12 bits per heavy atom. The number of benzene rings is 1. The van der Waals surface area contributed by atoms with Crippen LogP contribution in [-0.2, 0) is 4.84 Å². The predicted molar refractivity (Wildman–Crippen MR) is 113 cm³/mol. The summed E-state index contributed by atoms with van der Waals surface area (Å²) in [5.74, 6) is 5.48. The van der Waals surface area contributed by atoms with Crippen molar-refractivity contribution in [3.05, 3.63) is 89.3 Å². The molecule has 5 rings (SSSR count). The van der Waals surface area contributed by atoms with Crippen LogP contribution >= 0.6 is 0 Å². The van der Waals surface area contributed by atoms with Crippen LogP contribution in [0.4, 0.5) is 10.3 Å². The van der Waals surface area contributed by atoms with Gasteiger partial charge in [-0.3, -0.25) is 9.63 Å². The zero-order valence-electron chi connectivity index (χ0n) is 16.8. The summed E-state index contributed by atoms with van der Waals surface area (Å²) in [7, 11) is 0. The normalized spacial score (nSPS) is 15.5. The summed E-state index contributed by atoms with van der Waals surface area (Å²) in [5.41, 5.74) is 8.44. The first-order valence-electron chi connectivity index (χ1n) is 9.87. The van der Waals surface area contributed by atoms with Gasteiger partial charge >= 0.3 is 0 Å². The van der Waals surface area contributed by atoms with E-state index in [0.29, 0.717) is 40.8 Å². The van der Waals surface area contributed by atoms with Crippen molar-refractivity contribution in [1.82, 2.24) is 24.6 Å². The van der Waals surface area contributed by atoms with Crippen LogP contribution in [0.1, 0.15) is 39.5 Å². The molecule has 0 bridgehead atoms. The fourth-order valence-electron chi connectivity index (χ4n) is 3.57. The highest BCUT2D eigenvalue weighted by Crippen LogP contribution is 2.32. The molecule has 1 aliphatic rings. The average Bonchev–Trinajstić information content (AvgIpc) is 3.45. The number of rotatable bonds is 2. The lowest BCUT2D eigenvalue weighted by molar-refractivity contribution is -0.0964. The molecule has 9 heteroatoms. The molecular formula is C23H17FN6O2. The number of anilines is 1. The summed E-state index contributed by atoms with van der Waals surface area (Å²) in [6.45, 7) is 0.368. The van der Waals surface area contributed by atoms with Crippen LogP contribution in [0.15, 0.2) is 61.2 Å². The van der Waals surface area contributed by atoms with E-state index in [0.717, 1.165) is 0 Å². The van der Waals surface area contributed by atoms with Crippen molar-refractivity contribution in [1.29, 1.82) is 0 Å². The number of hydroxylamine groups is 2. The quantitative estimate of drug-likeness (QED) is 0.493. The third kappa shape index (κ3) is 3.75. The molecule has 1 saturated heterocycles. The van der Waals surface area contributed by atoms with E-state index in [9.17, 15) is 9.18 Å². The second-order valence-electron chi connectivity index (χ2n) is 7.21. The second-order valence-corrected chi connectivity index (χ2v) is 7.21. The van der Waals surface area contributed by atoms with Crippen molar-refractivity contribution < 1.29 is 14.0 Å². The molecule has 1 amide bonds. The number of pyridine rings is 1. The Kier molecular flexibility index (Phi) is 4.97. The minimum absolute atomic E-state index is 0.181. The maximum absolute atomic E-state index is 13.7. The molecule has 1 aliphatic heterocycles. The van der Waals surface area contributed by atoms with E-state index >= 15 is 0 Å². The molecule has 158 valence electrons. The summed E-state index contributed by atoms with van der Waals surface area (Å²) in [6.07, 6.45) is 6.88. The maximum Gasteiger partial charge on any atom is 0.281 e. The molecule has 8 nitrogen and oxygen atoms in total. The number of hydrogen-bond acceptors (Lipinski definition) is 6. The Hall–Kier alpha value is -4.29. The van der Waals surface area contributed by atoms with Gasteiger partial charge in [-0.25, -0.2) is 23.9 Å². The molecule has 0 saturated carbocycles. The van der Waals surface area contributed by atoms with Gasteiger partial charge in [0.15, 0.2) is 0 Å². The van der Waals surface area contributed by atoms with Gasteiger partial charge in [0.1, 0.15) is 5.82 Å². The smallest absolute Gasteiger partial charge is 0.281 e. The molecule has 2 N–H and O–H groups in total. The Bertz CT molecular complexity index is 1370. The summed E-state index contributed by atoms with van der Waals surface area (Å²) < 4.78 is 15.3. The zero-order chi connectivity index (χ0) is 22.1. The van der Waals surface area contributed by atoms with Gasteiger partial charge in [0, 0.05) is 30.6 Å². The number of nitrogen functional groups attached to an aromatic ring is 1. The minimum atomic E-state index is -0.373. The van der Waals surface area contributed by atoms with Gasteiger partial charge in [-0.2, -0.15) is 5.10 Å². The SMILES string of the molecule is Nc1ncc(C#Cc2ccn3ncc(C(=O)N4OCCC4c4cccc(F)c4)c3c2)cn1. The summed E-state index contributed by atoms with van der Waals surface area (Å²) in [4.78, 5) is 26.7. The molecule has 1 aromatic carbocycles. The van der Waals surface area contributed by atoms with Gasteiger partial charge in [-0.05, 0) is 29.8 Å². The highest BCUT2D eigenvalue weighted by atomic mass is 19.1. The number of aromatic nitrogens is 4. The lowest BCUT2D eigenvalue weighted by atomic mass is 10.0. The zero-order valence-corrected chi connectivity index (χ0v) is 16.8. The molecule has 0 radical (unpaired) electrons. The molecule has 0 spiro atoms. The topological polar surface area (TPSA) is 98.6 Å². The first kappa shape index (κ1) is 19.7. The molecule has 4 heterocycles. The van der Waals surface area contributed by atoms with Gasteiger partial charge in [0.2, 0.25) is 5.95 Å². The van der Waals surface area contributed by atoms with E-state index in [1.54, 1.807) is 47.4 Å². The Morgan fingerprint density at radius 2 is 1.94 bits per heavy atom. The van der Waals surface area contributed by atoms with Gasteiger partial charge in [-0.1, -0.05) is 24.0 Å². The molecule has 3 aromatic heterocycles. The van der Waals surface area contributed by atoms with E-state index < -0.39 is 0 Å². The van der Waals surface area contributed by atoms with Crippen LogP contribution in [0.3, 0.4) is 0 Å². The highest BCUT2D eigenvalue weighted by molar-refractivity contribution is 6.00. The van der Waals surface area contributed by atoms with Crippen LogP contribution in [0.25, 0.3) is 5.52 Å². The van der Waals surface area contributed by atoms with E-state index in [4.69, 9.17) is 10.6 Å². The molecule has 1 fully saturated rings. The van der Waals surface area contributed by atoms with E-state index in [1.165, 1.54) is 23.4 Å². The first-order chi connectivity index (χ1) is 15.6. The van der Waals surface area contributed by atoms with E-state index in [-0.39, 0.29) is 23.7 Å². The van der Waals surface area contributed by atoms with Crippen molar-refractivity contribution in [2.75, 3.05) is 12.3 Å². The Balaban J connectivity index is 1.46. The van der Waals surface area contributed by atoms with Crippen molar-refractivity contribution >= 4 is 17.4 Å². The van der Waals surface area contributed by atoms with E-state index in [1.807, 2.05) is 0 Å². The van der Waals surface area contributed by atoms with Crippen LogP contribution in [0.5, 0.6) is 0 Å². The number of halogens is 1. The lowest BCUT2D eigenvalue weighted by Gasteiger charge is -2.22. The Morgan fingerprint density at radius 3 is 2.75 bits per heavy atom. The van der Waals surface area contributed by atoms with Crippen LogP contribution in [-0.4, -0.2) is 37.2 Å². The molecular weight excluding hydrogens is 411 g/mol. The fourth-order valence-corrected chi connectivity index (χ4v) is 3.57. The summed E-state index contributed by atoms with van der Waals surface area (Å²) in [6, 6.07) is 9.40. The van der Waals surface area contributed by atoms with Crippen LogP contribution in [0.2, 0.25) is 0 Å². The van der Waals surface area contributed by atoms with Gasteiger partial charge in [-0.15, -0.1) is 0 Å². The number of nitrogens with two attached hydrogens (primary N) is 1. The van der Waals surface area contributed by atoms with Crippen LogP contribution in [0, 0.1) is 17.7 Å². The van der Waals surface area contributed by atoms with Gasteiger partial charge in [0.25, 0.3) is 5.91 Å². The third-order valence-electron chi connectivity index (χ3n) is 5.11. The first-order valence-corrected chi connectivity index (χ1v) is 9.87. The van der Waals surface area contributed by atoms with Crippen molar-refractivity contribution in [3.8, 4) is 11.8 Å². The van der Waals surface area contributed by atoms with Gasteiger partial charge in [0.05, 0.1) is 35.5 Å². The standard InChI is InChI=1S/C23H17FN6O2/c24-18-3-1-2-17(11-18)20-7-9-32-30(20)22(31)19-14-28-29-8-6-15(10-21(19)29)4-5-16-12-26-23(25)27-13-16/h1-3,6,8,10-14,20H,7,9H2,(H2,25,26,27). The van der Waals surface area contributed by atoms with Crippen molar-refractivity contribution in [2.45, 2.75) is 12.5 Å². The predicted octanol–water partition coefficient (Wildman–Crippen LogP) is 2.76. The number of carbonyl (C=O) groups excluding carboxylic acids is 1. The van der Waals surface area contributed by atoms with Crippen LogP contribution < -0.4 is 5.73 Å². The summed E-state index contributed by atoms with van der Waals surface area (Å²) >= 11 is 0. The molecule has 0 aliphatic carbocycles. The van der Waals surface area contributed by atoms with Crippen molar-refractivity contribution in [2.24, 2.45) is 0 Å². The highest BCUT2D eigenvalue weighted by Gasteiger charge is 2.34. The molecule has 1 atom stereocenters. The fraction of sp³-hybridized carbons (Fsp3) is 0.130. The number of hydrogen-bond donors (Lipinski definition) is 1. The minimum Gasteiger partial charge on any atom is -0.368 e. The largest absolute Gasteiger partial charge is 0.368 e. The maximum atomic E-state index is 13.7. The second kappa shape index (κ2) is 8.09. The number of nitrogens with zero attached hydrogens (tertiary/aromatic N) is 5. The summed E-state index contributed by atoms with van der Waals surface area (Å²) in [5, 5.41) is 5.57. The van der Waals surface area contributed by atoms with E-state index in [2.05, 4.69) is 26.9 Å². The number of carbonyl (C=O) groups is 1. The lowest BCUT2D eigenvalue weighted by Crippen LogP contribution is -2.29. The third-order valence-corrected chi connectivity index (χ3v) is 5.11. The number of fused-ring (bicyclic) bond motifs is 1. The average molecular weight is 428 g/mol. The Labute approximate surface area is 182 Å². The molecule has 32 heavy (non-hydrogen) atoms. The van der Waals surface area contributed by atoms with Crippen molar-refractivity contribution in [3.63, 3.8) is 0 Å². The van der Waals surface area contributed by atoms with Gasteiger partial charge < -0.3 is 5.73 Å².